The summed E-state index contributed by atoms with van der Waals surface area (Å²) in [6.45, 7) is 3.93. The van der Waals surface area contributed by atoms with Crippen LogP contribution in [0.3, 0.4) is 0 Å². The first-order valence-corrected chi connectivity index (χ1v) is 9.35. The maximum atomic E-state index is 13.0. The molecule has 0 bridgehead atoms. The Morgan fingerprint density at radius 2 is 1.96 bits per heavy atom. The zero-order chi connectivity index (χ0) is 17.1. The van der Waals surface area contributed by atoms with Crippen molar-refractivity contribution in [1.82, 2.24) is 19.7 Å². The van der Waals surface area contributed by atoms with Crippen molar-refractivity contribution in [2.45, 2.75) is 50.8 Å². The van der Waals surface area contributed by atoms with Gasteiger partial charge in [0.2, 0.25) is 0 Å². The average Bonchev–Trinajstić information content (AvgIpc) is 3.27. The number of benzene rings is 1. The number of nitrogens with one attached hydrogen (secondary N) is 1. The van der Waals surface area contributed by atoms with Gasteiger partial charge in [0.15, 0.2) is 0 Å². The van der Waals surface area contributed by atoms with Gasteiger partial charge >= 0.3 is 5.69 Å². The van der Waals surface area contributed by atoms with E-state index < -0.39 is 0 Å². The van der Waals surface area contributed by atoms with Crippen molar-refractivity contribution in [3.63, 3.8) is 0 Å². The van der Waals surface area contributed by atoms with Gasteiger partial charge in [-0.25, -0.2) is 9.48 Å². The zero-order valence-electron chi connectivity index (χ0n) is 14.6. The molecule has 0 saturated carbocycles. The summed E-state index contributed by atoms with van der Waals surface area (Å²) in [5.41, 5.74) is 1.13. The first-order valence-electron chi connectivity index (χ1n) is 9.35. The molecule has 6 heteroatoms. The van der Waals surface area contributed by atoms with Crippen molar-refractivity contribution in [1.29, 1.82) is 0 Å². The van der Waals surface area contributed by atoms with E-state index >= 15 is 0 Å². The lowest BCUT2D eigenvalue weighted by Crippen LogP contribution is -2.31. The molecule has 4 rings (SSSR count). The normalized spacial score (nSPS) is 21.7. The lowest BCUT2D eigenvalue weighted by atomic mass is 9.97. The van der Waals surface area contributed by atoms with Crippen LogP contribution in [0.15, 0.2) is 35.1 Å². The molecule has 1 aromatic heterocycles. The molecule has 0 radical (unpaired) electrons. The largest absolute Gasteiger partial charge is 0.376 e. The van der Waals surface area contributed by atoms with Gasteiger partial charge in [-0.2, -0.15) is 5.10 Å². The van der Waals surface area contributed by atoms with Crippen molar-refractivity contribution in [2.24, 2.45) is 0 Å². The van der Waals surface area contributed by atoms with E-state index in [-0.39, 0.29) is 11.8 Å². The predicted octanol–water partition coefficient (Wildman–Crippen LogP) is 1.74. The van der Waals surface area contributed by atoms with E-state index in [0.29, 0.717) is 19.0 Å². The minimum absolute atomic E-state index is 0.00659. The van der Waals surface area contributed by atoms with Crippen molar-refractivity contribution in [2.75, 3.05) is 19.7 Å². The molecule has 25 heavy (non-hydrogen) atoms. The third kappa shape index (κ3) is 3.70. The van der Waals surface area contributed by atoms with E-state index in [1.54, 1.807) is 4.68 Å². The van der Waals surface area contributed by atoms with Crippen LogP contribution in [0.5, 0.6) is 0 Å². The second kappa shape index (κ2) is 7.54. The molecule has 2 saturated heterocycles. The van der Waals surface area contributed by atoms with Gasteiger partial charge in [0.1, 0.15) is 5.82 Å². The minimum Gasteiger partial charge on any atom is -0.376 e. The number of rotatable bonds is 5. The summed E-state index contributed by atoms with van der Waals surface area (Å²) in [5.74, 6) is 1.29. The SMILES string of the molecule is O=c1n(CC2CCCO2)nc(C2CCNCC2)n1Cc1ccccc1. The number of ether oxygens (including phenoxy) is 1. The lowest BCUT2D eigenvalue weighted by Gasteiger charge is -2.22. The van der Waals surface area contributed by atoms with Crippen molar-refractivity contribution >= 4 is 0 Å². The average molecular weight is 342 g/mol. The Kier molecular flexibility index (Phi) is 4.99. The Morgan fingerprint density at radius 1 is 1.16 bits per heavy atom. The van der Waals surface area contributed by atoms with Crippen LogP contribution in [0.1, 0.15) is 43.0 Å². The smallest absolute Gasteiger partial charge is 0.346 e. The van der Waals surface area contributed by atoms with Crippen molar-refractivity contribution < 1.29 is 4.74 Å². The Labute approximate surface area is 147 Å². The molecule has 1 N–H and O–H groups in total. The molecule has 1 atom stereocenters. The predicted molar refractivity (Wildman–Crippen MR) is 95.8 cm³/mol. The Bertz CT molecular complexity index is 741. The highest BCUT2D eigenvalue weighted by atomic mass is 16.5. The first kappa shape index (κ1) is 16.5. The Hall–Kier alpha value is -1.92. The van der Waals surface area contributed by atoms with Gasteiger partial charge in [-0.05, 0) is 44.3 Å². The molecule has 0 aliphatic carbocycles. The van der Waals surface area contributed by atoms with Crippen LogP contribution in [0, 0.1) is 0 Å². The van der Waals surface area contributed by atoms with Crippen molar-refractivity contribution in [3.05, 3.63) is 52.2 Å². The van der Waals surface area contributed by atoms with Crippen LogP contribution < -0.4 is 11.0 Å². The van der Waals surface area contributed by atoms with Gasteiger partial charge in [-0.3, -0.25) is 4.57 Å². The number of hydrogen-bond donors (Lipinski definition) is 1. The molecule has 2 aliphatic heterocycles. The van der Waals surface area contributed by atoms with Gasteiger partial charge in [-0.1, -0.05) is 30.3 Å². The van der Waals surface area contributed by atoms with Crippen LogP contribution in [0.2, 0.25) is 0 Å². The molecule has 6 nitrogen and oxygen atoms in total. The van der Waals surface area contributed by atoms with E-state index in [4.69, 9.17) is 9.84 Å². The van der Waals surface area contributed by atoms with E-state index in [1.165, 1.54) is 0 Å². The first-order chi connectivity index (χ1) is 12.3. The van der Waals surface area contributed by atoms with Gasteiger partial charge in [0.25, 0.3) is 0 Å². The topological polar surface area (TPSA) is 61.1 Å². The minimum atomic E-state index is -0.00659. The van der Waals surface area contributed by atoms with Crippen LogP contribution in [-0.2, 0) is 17.8 Å². The molecule has 3 heterocycles. The Morgan fingerprint density at radius 3 is 2.68 bits per heavy atom. The summed E-state index contributed by atoms with van der Waals surface area (Å²) in [7, 11) is 0. The zero-order valence-corrected chi connectivity index (χ0v) is 14.6. The molecule has 134 valence electrons. The monoisotopic (exact) mass is 342 g/mol. The number of nitrogens with zero attached hydrogens (tertiary/aromatic N) is 3. The van der Waals surface area contributed by atoms with Crippen LogP contribution in [0.25, 0.3) is 0 Å². The molecule has 1 aromatic carbocycles. The van der Waals surface area contributed by atoms with Crippen LogP contribution in [-0.4, -0.2) is 40.1 Å². The molecular weight excluding hydrogens is 316 g/mol. The molecule has 2 aromatic rings. The summed E-state index contributed by atoms with van der Waals surface area (Å²) >= 11 is 0. The summed E-state index contributed by atoms with van der Waals surface area (Å²) in [5, 5.41) is 8.14. The lowest BCUT2D eigenvalue weighted by molar-refractivity contribution is 0.0928. The summed E-state index contributed by atoms with van der Waals surface area (Å²) in [6.07, 6.45) is 4.28. The summed E-state index contributed by atoms with van der Waals surface area (Å²) in [6, 6.07) is 10.2. The third-order valence-corrected chi connectivity index (χ3v) is 5.24. The second-order valence-electron chi connectivity index (χ2n) is 7.05. The van der Waals surface area contributed by atoms with Gasteiger partial charge in [-0.15, -0.1) is 0 Å². The fourth-order valence-electron chi connectivity index (χ4n) is 3.85. The fourth-order valence-corrected chi connectivity index (χ4v) is 3.85. The molecule has 2 fully saturated rings. The third-order valence-electron chi connectivity index (χ3n) is 5.24. The van der Waals surface area contributed by atoms with Gasteiger partial charge < -0.3 is 10.1 Å². The van der Waals surface area contributed by atoms with Gasteiger partial charge in [0, 0.05) is 12.5 Å². The fraction of sp³-hybridized carbons (Fsp3) is 0.579. The highest BCUT2D eigenvalue weighted by Gasteiger charge is 2.26. The highest BCUT2D eigenvalue weighted by Crippen LogP contribution is 2.23. The highest BCUT2D eigenvalue weighted by molar-refractivity contribution is 5.16. The standard InChI is InChI=1S/C19H26N4O2/c24-19-22(13-15-5-2-1-3-6-15)18(16-8-10-20-11-9-16)21-23(19)14-17-7-4-12-25-17/h1-3,5-6,16-17,20H,4,7-14H2. The van der Waals surface area contributed by atoms with E-state index in [0.717, 1.165) is 56.8 Å². The maximum absolute atomic E-state index is 13.0. The van der Waals surface area contributed by atoms with Crippen LogP contribution in [0.4, 0.5) is 0 Å². The second-order valence-corrected chi connectivity index (χ2v) is 7.05. The molecule has 1 unspecified atom stereocenters. The quantitative estimate of drug-likeness (QED) is 0.899. The summed E-state index contributed by atoms with van der Waals surface area (Å²) in [4.78, 5) is 13.0. The van der Waals surface area contributed by atoms with E-state index in [2.05, 4.69) is 17.4 Å². The molecule has 0 amide bonds. The molecule has 0 spiro atoms. The number of aromatic nitrogens is 3. The van der Waals surface area contributed by atoms with Crippen LogP contribution >= 0.6 is 0 Å². The van der Waals surface area contributed by atoms with E-state index in [9.17, 15) is 4.79 Å². The maximum Gasteiger partial charge on any atom is 0.346 e. The molecular formula is C19H26N4O2. The Balaban J connectivity index is 1.65. The van der Waals surface area contributed by atoms with Gasteiger partial charge in [0.05, 0.1) is 19.2 Å². The summed E-state index contributed by atoms with van der Waals surface area (Å²) < 4.78 is 9.22. The number of hydrogen-bond acceptors (Lipinski definition) is 4. The number of piperidine rings is 1. The molecule has 2 aliphatic rings. The van der Waals surface area contributed by atoms with E-state index in [1.807, 2.05) is 22.8 Å². The van der Waals surface area contributed by atoms with Crippen molar-refractivity contribution in [3.8, 4) is 0 Å².